The second-order valence-corrected chi connectivity index (χ2v) is 6.64. The number of likely N-dealkylation sites (N-methyl/N-ethyl adjacent to an activating group) is 1. The maximum atomic E-state index is 12.2. The Morgan fingerprint density at radius 2 is 2.38 bits per heavy atom. The van der Waals surface area contributed by atoms with Crippen LogP contribution in [-0.4, -0.2) is 33.4 Å². The Balaban J connectivity index is 1.76. The Hall–Kier alpha value is -1.37. The number of anilines is 1. The van der Waals surface area contributed by atoms with E-state index in [1.807, 2.05) is 0 Å². The Kier molecular flexibility index (Phi) is 4.01. The van der Waals surface area contributed by atoms with E-state index < -0.39 is 0 Å². The van der Waals surface area contributed by atoms with Crippen LogP contribution in [0, 0.1) is 0 Å². The minimum atomic E-state index is -0.178. The highest BCUT2D eigenvalue weighted by molar-refractivity contribution is 7.15. The summed E-state index contributed by atoms with van der Waals surface area (Å²) in [6.45, 7) is 5.16. The van der Waals surface area contributed by atoms with Crippen LogP contribution >= 0.6 is 22.9 Å². The van der Waals surface area contributed by atoms with Crippen LogP contribution in [-0.2, 0) is 20.0 Å². The molecule has 3 heterocycles. The number of carbonyl (C=O) groups excluding carboxylic acids is 1. The number of carbonyl (C=O) groups is 1. The standard InChI is InChI=1S/C14H17ClN4OS/c1-3-19-5-4-10-12(8-19)21-14(16-10)17-13(20)11-6-9(15)7-18(11)2/h6-7H,3-5,8H2,1-2H3,(H,16,17,20). The number of nitrogens with zero attached hydrogens (tertiary/aromatic N) is 3. The highest BCUT2D eigenvalue weighted by Gasteiger charge is 2.21. The zero-order valence-corrected chi connectivity index (χ0v) is 13.6. The van der Waals surface area contributed by atoms with Gasteiger partial charge >= 0.3 is 0 Å². The maximum Gasteiger partial charge on any atom is 0.274 e. The van der Waals surface area contributed by atoms with Gasteiger partial charge in [-0.3, -0.25) is 15.0 Å². The number of nitrogens with one attached hydrogen (secondary N) is 1. The van der Waals surface area contributed by atoms with Crippen LogP contribution in [0.15, 0.2) is 12.3 Å². The first-order valence-electron chi connectivity index (χ1n) is 6.91. The van der Waals surface area contributed by atoms with Crippen molar-refractivity contribution >= 4 is 34.0 Å². The first kappa shape index (κ1) is 14.6. The van der Waals surface area contributed by atoms with E-state index in [0.29, 0.717) is 15.8 Å². The molecule has 0 bridgehead atoms. The van der Waals surface area contributed by atoms with Crippen molar-refractivity contribution in [1.29, 1.82) is 0 Å². The minimum Gasteiger partial charge on any atom is -0.345 e. The number of hydrogen-bond donors (Lipinski definition) is 1. The molecule has 0 aliphatic carbocycles. The lowest BCUT2D eigenvalue weighted by molar-refractivity contribution is 0.101. The molecule has 21 heavy (non-hydrogen) atoms. The molecular formula is C14H17ClN4OS. The van der Waals surface area contributed by atoms with Gasteiger partial charge in [0.25, 0.3) is 5.91 Å². The van der Waals surface area contributed by atoms with Crippen LogP contribution < -0.4 is 5.32 Å². The zero-order valence-electron chi connectivity index (χ0n) is 12.0. The monoisotopic (exact) mass is 324 g/mol. The fourth-order valence-electron chi connectivity index (χ4n) is 2.48. The lowest BCUT2D eigenvalue weighted by Gasteiger charge is -2.23. The molecular weight excluding hydrogens is 308 g/mol. The van der Waals surface area contributed by atoms with E-state index in [2.05, 4.69) is 22.1 Å². The summed E-state index contributed by atoms with van der Waals surface area (Å²) in [5, 5.41) is 4.10. The molecule has 0 unspecified atom stereocenters. The molecule has 1 amide bonds. The van der Waals surface area contributed by atoms with E-state index in [0.717, 1.165) is 31.7 Å². The molecule has 2 aromatic heterocycles. The van der Waals surface area contributed by atoms with Crippen molar-refractivity contribution in [3.05, 3.63) is 33.6 Å². The zero-order chi connectivity index (χ0) is 15.0. The van der Waals surface area contributed by atoms with Crippen LogP contribution in [0.5, 0.6) is 0 Å². The maximum absolute atomic E-state index is 12.2. The van der Waals surface area contributed by atoms with Gasteiger partial charge in [0, 0.05) is 37.6 Å². The van der Waals surface area contributed by atoms with Crippen LogP contribution in [0.4, 0.5) is 5.13 Å². The van der Waals surface area contributed by atoms with Crippen molar-refractivity contribution in [2.75, 3.05) is 18.4 Å². The number of thiazole rings is 1. The van der Waals surface area contributed by atoms with Crippen molar-refractivity contribution in [2.45, 2.75) is 19.9 Å². The van der Waals surface area contributed by atoms with Gasteiger partial charge in [-0.25, -0.2) is 4.98 Å². The van der Waals surface area contributed by atoms with Gasteiger partial charge < -0.3 is 4.57 Å². The topological polar surface area (TPSA) is 50.2 Å². The second-order valence-electron chi connectivity index (χ2n) is 5.12. The molecule has 2 aromatic rings. The van der Waals surface area contributed by atoms with Crippen LogP contribution in [0.1, 0.15) is 28.0 Å². The van der Waals surface area contributed by atoms with E-state index in [1.165, 1.54) is 4.88 Å². The van der Waals surface area contributed by atoms with Crippen LogP contribution in [0.2, 0.25) is 5.02 Å². The average Bonchev–Trinajstić information content (AvgIpc) is 2.99. The van der Waals surface area contributed by atoms with Crippen molar-refractivity contribution in [2.24, 2.45) is 7.05 Å². The Labute approximate surface area is 132 Å². The Morgan fingerprint density at radius 3 is 3.05 bits per heavy atom. The van der Waals surface area contributed by atoms with Gasteiger partial charge in [0.15, 0.2) is 5.13 Å². The summed E-state index contributed by atoms with van der Waals surface area (Å²) in [6, 6.07) is 1.66. The van der Waals surface area contributed by atoms with Gasteiger partial charge in [-0.05, 0) is 12.6 Å². The van der Waals surface area contributed by atoms with E-state index in [4.69, 9.17) is 11.6 Å². The summed E-state index contributed by atoms with van der Waals surface area (Å²) in [7, 11) is 1.80. The van der Waals surface area contributed by atoms with Crippen molar-refractivity contribution in [3.63, 3.8) is 0 Å². The Bertz CT molecular complexity index is 679. The van der Waals surface area contributed by atoms with Crippen LogP contribution in [0.3, 0.4) is 0 Å². The number of fused-ring (bicyclic) bond motifs is 1. The summed E-state index contributed by atoms with van der Waals surface area (Å²) in [5.41, 5.74) is 1.65. The molecule has 1 aliphatic rings. The lowest BCUT2D eigenvalue weighted by atomic mass is 10.2. The van der Waals surface area contributed by atoms with Gasteiger partial charge in [0.1, 0.15) is 5.69 Å². The molecule has 0 saturated heterocycles. The molecule has 112 valence electrons. The third-order valence-electron chi connectivity index (χ3n) is 3.68. The molecule has 5 nitrogen and oxygen atoms in total. The summed E-state index contributed by atoms with van der Waals surface area (Å²) in [4.78, 5) is 20.4. The predicted molar refractivity (Wildman–Crippen MR) is 85.1 cm³/mol. The van der Waals surface area contributed by atoms with Crippen molar-refractivity contribution in [1.82, 2.24) is 14.5 Å². The third-order valence-corrected chi connectivity index (χ3v) is 4.89. The second kappa shape index (κ2) is 5.79. The molecule has 0 fully saturated rings. The van der Waals surface area contributed by atoms with Crippen molar-refractivity contribution < 1.29 is 4.79 Å². The van der Waals surface area contributed by atoms with Crippen LogP contribution in [0.25, 0.3) is 0 Å². The smallest absolute Gasteiger partial charge is 0.274 e. The molecule has 0 spiro atoms. The molecule has 7 heteroatoms. The summed E-state index contributed by atoms with van der Waals surface area (Å²) < 4.78 is 1.71. The average molecular weight is 325 g/mol. The number of aryl methyl sites for hydroxylation is 1. The third kappa shape index (κ3) is 2.97. The number of amides is 1. The summed E-state index contributed by atoms with van der Waals surface area (Å²) >= 11 is 7.47. The van der Waals surface area contributed by atoms with E-state index in [9.17, 15) is 4.79 Å². The molecule has 3 rings (SSSR count). The minimum absolute atomic E-state index is 0.178. The molecule has 0 atom stereocenters. The Morgan fingerprint density at radius 1 is 1.57 bits per heavy atom. The SMILES string of the molecule is CCN1CCc2nc(NC(=O)c3cc(Cl)cn3C)sc2C1. The lowest BCUT2D eigenvalue weighted by Crippen LogP contribution is -2.29. The van der Waals surface area contributed by atoms with Gasteiger partial charge in [-0.1, -0.05) is 18.5 Å². The number of halogens is 1. The van der Waals surface area contributed by atoms with Gasteiger partial charge in [0.2, 0.25) is 0 Å². The highest BCUT2D eigenvalue weighted by atomic mass is 35.5. The molecule has 0 aromatic carbocycles. The largest absolute Gasteiger partial charge is 0.345 e. The first-order valence-corrected chi connectivity index (χ1v) is 8.10. The van der Waals surface area contributed by atoms with Gasteiger partial charge in [0.05, 0.1) is 10.7 Å². The fraction of sp³-hybridized carbons (Fsp3) is 0.429. The molecule has 1 N–H and O–H groups in total. The van der Waals surface area contributed by atoms with E-state index in [1.54, 1.807) is 35.2 Å². The number of aromatic nitrogens is 2. The highest BCUT2D eigenvalue weighted by Crippen LogP contribution is 2.28. The summed E-state index contributed by atoms with van der Waals surface area (Å²) in [5.74, 6) is -0.178. The quantitative estimate of drug-likeness (QED) is 0.944. The predicted octanol–water partition coefficient (Wildman–Crippen LogP) is 2.77. The summed E-state index contributed by atoms with van der Waals surface area (Å²) in [6.07, 6.45) is 2.66. The van der Waals surface area contributed by atoms with Crippen molar-refractivity contribution in [3.8, 4) is 0 Å². The molecule has 1 aliphatic heterocycles. The first-order chi connectivity index (χ1) is 10.1. The van der Waals surface area contributed by atoms with Gasteiger partial charge in [-0.2, -0.15) is 0 Å². The van der Waals surface area contributed by atoms with E-state index >= 15 is 0 Å². The fourth-order valence-corrected chi connectivity index (χ4v) is 3.78. The van der Waals surface area contributed by atoms with Gasteiger partial charge in [-0.15, -0.1) is 11.3 Å². The molecule has 0 radical (unpaired) electrons. The number of rotatable bonds is 3. The number of hydrogen-bond acceptors (Lipinski definition) is 4. The molecule has 0 saturated carbocycles. The van der Waals surface area contributed by atoms with E-state index in [-0.39, 0.29) is 5.91 Å². The normalized spacial score (nSPS) is 15.0.